The Morgan fingerprint density at radius 3 is 2.26 bits per heavy atom. The van der Waals surface area contributed by atoms with Crippen LogP contribution in [0.5, 0.6) is 0 Å². The van der Waals surface area contributed by atoms with Crippen LogP contribution in [0.1, 0.15) is 40.2 Å². The Labute approximate surface area is 139 Å². The summed E-state index contributed by atoms with van der Waals surface area (Å²) in [6, 6.07) is 10.4. The summed E-state index contributed by atoms with van der Waals surface area (Å²) < 4.78 is 0. The van der Waals surface area contributed by atoms with Gasteiger partial charge in [-0.15, -0.1) is 0 Å². The van der Waals surface area contributed by atoms with Gasteiger partial charge < -0.3 is 16.4 Å². The van der Waals surface area contributed by atoms with Gasteiger partial charge in [-0.1, -0.05) is 44.2 Å². The first-order valence-corrected chi connectivity index (χ1v) is 8.06. The van der Waals surface area contributed by atoms with Crippen LogP contribution in [-0.2, 0) is 10.2 Å². The molecule has 23 heavy (non-hydrogen) atoms. The molecule has 5 nitrogen and oxygen atoms in total. The van der Waals surface area contributed by atoms with Gasteiger partial charge in [-0.05, 0) is 26.3 Å². The van der Waals surface area contributed by atoms with Gasteiger partial charge in [0.15, 0.2) is 5.96 Å². The second-order valence-corrected chi connectivity index (χ2v) is 7.05. The van der Waals surface area contributed by atoms with E-state index < -0.39 is 5.41 Å². The molecule has 0 bridgehead atoms. The molecule has 1 aromatic rings. The van der Waals surface area contributed by atoms with Gasteiger partial charge in [-0.2, -0.15) is 0 Å². The molecule has 128 valence electrons. The van der Waals surface area contributed by atoms with Gasteiger partial charge in [0.25, 0.3) is 0 Å². The molecule has 0 aliphatic rings. The van der Waals surface area contributed by atoms with Crippen LogP contribution in [0.3, 0.4) is 0 Å². The number of guanidine groups is 1. The van der Waals surface area contributed by atoms with Crippen molar-refractivity contribution in [1.29, 1.82) is 0 Å². The maximum absolute atomic E-state index is 11.4. The smallest absolute Gasteiger partial charge is 0.224 e. The molecule has 1 rings (SSSR count). The molecule has 0 saturated heterocycles. The predicted octanol–water partition coefficient (Wildman–Crippen LogP) is 2.03. The number of benzene rings is 1. The van der Waals surface area contributed by atoms with Crippen molar-refractivity contribution in [2.24, 2.45) is 16.1 Å². The van der Waals surface area contributed by atoms with Crippen molar-refractivity contribution < 1.29 is 4.79 Å². The lowest BCUT2D eigenvalue weighted by molar-refractivity contribution is -0.125. The molecule has 0 heterocycles. The Balaban J connectivity index is 2.75. The number of hydrogen-bond donors (Lipinski definition) is 3. The third-order valence-corrected chi connectivity index (χ3v) is 3.90. The average molecular weight is 318 g/mol. The minimum absolute atomic E-state index is 0.0311. The molecule has 1 amide bonds. The highest BCUT2D eigenvalue weighted by molar-refractivity contribution is 5.82. The Hall–Kier alpha value is -2.04. The largest absolute Gasteiger partial charge is 0.369 e. The third-order valence-electron chi connectivity index (χ3n) is 3.90. The van der Waals surface area contributed by atoms with E-state index in [1.807, 2.05) is 25.1 Å². The fourth-order valence-electron chi connectivity index (χ4n) is 1.99. The maximum atomic E-state index is 11.4. The van der Waals surface area contributed by atoms with Crippen molar-refractivity contribution in [2.75, 3.05) is 19.6 Å². The van der Waals surface area contributed by atoms with Crippen LogP contribution in [0.15, 0.2) is 35.3 Å². The Morgan fingerprint density at radius 2 is 1.74 bits per heavy atom. The van der Waals surface area contributed by atoms with Gasteiger partial charge in [0, 0.05) is 18.5 Å². The van der Waals surface area contributed by atoms with E-state index in [4.69, 9.17) is 5.73 Å². The summed E-state index contributed by atoms with van der Waals surface area (Å²) in [6.07, 6.45) is 0. The van der Waals surface area contributed by atoms with Crippen molar-refractivity contribution in [3.63, 3.8) is 0 Å². The number of primary amides is 1. The highest BCUT2D eigenvalue weighted by Gasteiger charge is 2.25. The zero-order valence-electron chi connectivity index (χ0n) is 14.9. The average Bonchev–Trinajstić information content (AvgIpc) is 2.51. The lowest BCUT2D eigenvalue weighted by Crippen LogP contribution is -2.44. The summed E-state index contributed by atoms with van der Waals surface area (Å²) in [6.45, 7) is 11.8. The van der Waals surface area contributed by atoms with Crippen LogP contribution in [0.4, 0.5) is 0 Å². The van der Waals surface area contributed by atoms with Gasteiger partial charge in [0.2, 0.25) is 5.91 Å². The third kappa shape index (κ3) is 5.93. The normalized spacial score (nSPS) is 12.8. The Morgan fingerprint density at radius 1 is 1.13 bits per heavy atom. The van der Waals surface area contributed by atoms with Crippen LogP contribution in [-0.4, -0.2) is 31.5 Å². The van der Waals surface area contributed by atoms with Crippen LogP contribution in [0.25, 0.3) is 0 Å². The van der Waals surface area contributed by atoms with Crippen LogP contribution >= 0.6 is 0 Å². The number of rotatable bonds is 7. The SMILES string of the molecule is CCNC(=NCC(C)(C)C(N)=O)NCC(C)(C)c1ccccc1. The van der Waals surface area contributed by atoms with Crippen molar-refractivity contribution >= 4 is 11.9 Å². The zero-order chi connectivity index (χ0) is 17.5. The molecule has 4 N–H and O–H groups in total. The molecule has 0 aromatic heterocycles. The number of aliphatic imine (C=N–C) groups is 1. The highest BCUT2D eigenvalue weighted by atomic mass is 16.1. The minimum atomic E-state index is -0.655. The Kier molecular flexibility index (Phi) is 6.61. The van der Waals surface area contributed by atoms with E-state index >= 15 is 0 Å². The van der Waals surface area contributed by atoms with Crippen molar-refractivity contribution in [1.82, 2.24) is 10.6 Å². The quantitative estimate of drug-likeness (QED) is 0.531. The molecule has 0 aliphatic carbocycles. The summed E-state index contributed by atoms with van der Waals surface area (Å²) in [5, 5.41) is 6.56. The molecule has 0 aliphatic heterocycles. The van der Waals surface area contributed by atoms with Gasteiger partial charge in [0.1, 0.15) is 0 Å². The monoisotopic (exact) mass is 318 g/mol. The number of nitrogens with two attached hydrogens (primary N) is 1. The predicted molar refractivity (Wildman–Crippen MR) is 96.4 cm³/mol. The fraction of sp³-hybridized carbons (Fsp3) is 0.556. The van der Waals surface area contributed by atoms with E-state index in [1.165, 1.54) is 5.56 Å². The number of nitrogens with zero attached hydrogens (tertiary/aromatic N) is 1. The van der Waals surface area contributed by atoms with Crippen LogP contribution < -0.4 is 16.4 Å². The van der Waals surface area contributed by atoms with E-state index in [1.54, 1.807) is 13.8 Å². The first kappa shape index (κ1) is 19.0. The first-order valence-electron chi connectivity index (χ1n) is 8.06. The van der Waals surface area contributed by atoms with Crippen molar-refractivity contribution in [3.8, 4) is 0 Å². The number of amides is 1. The van der Waals surface area contributed by atoms with E-state index in [0.717, 1.165) is 13.1 Å². The van der Waals surface area contributed by atoms with Gasteiger partial charge in [-0.3, -0.25) is 9.79 Å². The first-order chi connectivity index (χ1) is 10.7. The topological polar surface area (TPSA) is 79.5 Å². The zero-order valence-corrected chi connectivity index (χ0v) is 14.9. The van der Waals surface area contributed by atoms with Gasteiger partial charge >= 0.3 is 0 Å². The number of carbonyl (C=O) groups excluding carboxylic acids is 1. The van der Waals surface area contributed by atoms with E-state index in [2.05, 4.69) is 41.6 Å². The summed E-state index contributed by atoms with van der Waals surface area (Å²) in [5.74, 6) is 0.354. The fourth-order valence-corrected chi connectivity index (χ4v) is 1.99. The van der Waals surface area contributed by atoms with E-state index in [-0.39, 0.29) is 11.3 Å². The van der Waals surface area contributed by atoms with Gasteiger partial charge in [0.05, 0.1) is 12.0 Å². The second kappa shape index (κ2) is 7.99. The summed E-state index contributed by atoms with van der Waals surface area (Å²) in [4.78, 5) is 15.9. The van der Waals surface area contributed by atoms with Gasteiger partial charge in [-0.25, -0.2) is 0 Å². The van der Waals surface area contributed by atoms with Crippen LogP contribution in [0, 0.1) is 5.41 Å². The second-order valence-electron chi connectivity index (χ2n) is 7.05. The number of nitrogens with one attached hydrogen (secondary N) is 2. The molecule has 0 radical (unpaired) electrons. The molecule has 0 spiro atoms. The molecular formula is C18H30N4O. The van der Waals surface area contributed by atoms with E-state index in [0.29, 0.717) is 12.5 Å². The maximum Gasteiger partial charge on any atom is 0.224 e. The summed E-state index contributed by atoms with van der Waals surface area (Å²) >= 11 is 0. The van der Waals surface area contributed by atoms with Crippen molar-refractivity contribution in [3.05, 3.63) is 35.9 Å². The standard InChI is InChI=1S/C18H30N4O/c1-6-20-16(22-13-18(4,5)15(19)23)21-12-17(2,3)14-10-8-7-9-11-14/h7-11H,6,12-13H2,1-5H3,(H2,19,23)(H2,20,21,22). The minimum Gasteiger partial charge on any atom is -0.369 e. The lowest BCUT2D eigenvalue weighted by Gasteiger charge is -2.27. The van der Waals surface area contributed by atoms with Crippen LogP contribution in [0.2, 0.25) is 0 Å². The summed E-state index contributed by atoms with van der Waals surface area (Å²) in [5.41, 5.74) is 5.98. The molecular weight excluding hydrogens is 288 g/mol. The number of hydrogen-bond acceptors (Lipinski definition) is 2. The number of carbonyl (C=O) groups is 1. The molecule has 0 atom stereocenters. The molecule has 1 aromatic carbocycles. The van der Waals surface area contributed by atoms with E-state index in [9.17, 15) is 4.79 Å². The molecule has 5 heteroatoms. The lowest BCUT2D eigenvalue weighted by atomic mass is 9.85. The highest BCUT2D eigenvalue weighted by Crippen LogP contribution is 2.21. The molecule has 0 fully saturated rings. The van der Waals surface area contributed by atoms with Crippen molar-refractivity contribution in [2.45, 2.75) is 40.0 Å². The summed E-state index contributed by atoms with van der Waals surface area (Å²) in [7, 11) is 0. The Bertz CT molecular complexity index is 535. The molecule has 0 saturated carbocycles. The molecule has 0 unspecified atom stereocenters.